The van der Waals surface area contributed by atoms with Gasteiger partial charge in [0.25, 0.3) is 0 Å². The van der Waals surface area contributed by atoms with Crippen molar-refractivity contribution in [2.24, 2.45) is 15.1 Å². The molecule has 5 rings (SSSR count). The van der Waals surface area contributed by atoms with E-state index in [1.807, 2.05) is 6.92 Å². The first-order valence-corrected chi connectivity index (χ1v) is 19.2. The van der Waals surface area contributed by atoms with Crippen LogP contribution in [0.15, 0.2) is 58.1 Å². The van der Waals surface area contributed by atoms with Crippen molar-refractivity contribution in [2.75, 3.05) is 0 Å². The van der Waals surface area contributed by atoms with Crippen molar-refractivity contribution >= 4 is 81.2 Å². The number of nitrogens with zero attached hydrogens (tertiary/aromatic N) is 5. The Hall–Kier alpha value is -3.41. The number of aromatic amines is 2. The molecule has 66 heavy (non-hydrogen) atoms. The molecule has 23 heteroatoms. The van der Waals surface area contributed by atoms with Crippen molar-refractivity contribution in [3.05, 3.63) is 88.0 Å². The Kier molecular flexibility index (Phi) is 24.2. The predicted octanol–water partition coefficient (Wildman–Crippen LogP) is -11.1. The molecule has 6 N–H and O–H groups in total. The molecule has 5 heterocycles. The molecule has 0 aliphatic carbocycles. The maximum Gasteiger partial charge on any atom is 1.00 e. The summed E-state index contributed by atoms with van der Waals surface area (Å²) in [5.41, 5.74) is 5.82. The van der Waals surface area contributed by atoms with Crippen molar-refractivity contribution < 1.29 is 178 Å². The third-order valence-electron chi connectivity index (χ3n) is 10.8. The minimum atomic E-state index is -1.86. The van der Waals surface area contributed by atoms with Crippen molar-refractivity contribution in [1.82, 2.24) is 19.9 Å². The molecule has 0 amide bonds. The number of aliphatic hydroxyl groups is 1. The fourth-order valence-corrected chi connectivity index (χ4v) is 7.39. The van der Waals surface area contributed by atoms with Gasteiger partial charge in [0.2, 0.25) is 0 Å². The number of nitrogens with one attached hydrogen (secondary N) is 2. The van der Waals surface area contributed by atoms with Gasteiger partial charge in [-0.2, -0.15) is 0 Å². The Bertz CT molecular complexity index is 2670. The fourth-order valence-electron chi connectivity index (χ4n) is 7.39. The molecule has 3 aromatic heterocycles. The molecule has 2 aliphatic rings. The van der Waals surface area contributed by atoms with E-state index < -0.39 is 72.1 Å². The molecule has 0 radical (unpaired) electrons. The van der Waals surface area contributed by atoms with Crippen molar-refractivity contribution in [3.63, 3.8) is 0 Å². The Labute approximate surface area is 467 Å². The average molecular weight is 942 g/mol. The molecular weight excluding hydrogens is 898 g/mol. The molecular formula is C43H43N7Na4O12. The van der Waals surface area contributed by atoms with Gasteiger partial charge in [0.1, 0.15) is 5.60 Å². The molecule has 2 aliphatic heterocycles. The van der Waals surface area contributed by atoms with Gasteiger partial charge in [0.15, 0.2) is 12.1 Å². The first-order chi connectivity index (χ1) is 29.2. The summed E-state index contributed by atoms with van der Waals surface area (Å²) in [6, 6.07) is 3.15. The molecule has 0 saturated heterocycles. The van der Waals surface area contributed by atoms with Gasteiger partial charge in [-0.15, -0.1) is 0 Å². The number of aliphatic imine (C=N–C) groups is 2. The monoisotopic (exact) mass is 941 g/mol. The van der Waals surface area contributed by atoms with Crippen LogP contribution in [-0.2, 0) is 31.2 Å². The average Bonchev–Trinajstić information content (AvgIpc) is 3.83. The van der Waals surface area contributed by atoms with E-state index in [4.69, 9.17) is 15.2 Å². The number of oxime groups is 1. The van der Waals surface area contributed by atoms with E-state index in [0.29, 0.717) is 61.4 Å². The van der Waals surface area contributed by atoms with Crippen LogP contribution in [-0.4, -0.2) is 94.4 Å². The van der Waals surface area contributed by atoms with E-state index in [-0.39, 0.29) is 150 Å². The second kappa shape index (κ2) is 26.4. The number of aryl methyl sites for hydroxylation is 3. The third kappa shape index (κ3) is 14.6. The quantitative estimate of drug-likeness (QED) is 0.0241. The van der Waals surface area contributed by atoms with Gasteiger partial charge in [0.05, 0.1) is 34.9 Å². The summed E-state index contributed by atoms with van der Waals surface area (Å²) in [4.78, 5) is 69.2. The number of hydrogen-bond acceptors (Lipinski definition) is 15. The minimum absolute atomic E-state index is 0. The van der Waals surface area contributed by atoms with Gasteiger partial charge in [-0.25, -0.2) is 14.6 Å². The number of hydrogen-bond donors (Lipinski definition) is 6. The summed E-state index contributed by atoms with van der Waals surface area (Å²) < 4.78 is 0. The molecule has 0 fully saturated rings. The summed E-state index contributed by atoms with van der Waals surface area (Å²) in [5, 5.41) is 91.3. The predicted molar refractivity (Wildman–Crippen MR) is 219 cm³/mol. The van der Waals surface area contributed by atoms with E-state index in [9.17, 15) is 54.9 Å². The number of fused-ring (bicyclic) bond motifs is 8. The molecule has 0 saturated carbocycles. The summed E-state index contributed by atoms with van der Waals surface area (Å²) >= 11 is 0. The maximum atomic E-state index is 13.0. The van der Waals surface area contributed by atoms with Crippen LogP contribution in [0.3, 0.4) is 0 Å². The first-order valence-electron chi connectivity index (χ1n) is 19.2. The van der Waals surface area contributed by atoms with Gasteiger partial charge in [-0.3, -0.25) is 15.0 Å². The van der Waals surface area contributed by atoms with Gasteiger partial charge < -0.3 is 60.5 Å². The molecule has 326 valence electrons. The summed E-state index contributed by atoms with van der Waals surface area (Å²) in [6.07, 6.45) is 3.21. The molecule has 0 spiro atoms. The number of H-pyrrole nitrogens is 2. The Morgan fingerprint density at radius 1 is 0.788 bits per heavy atom. The van der Waals surface area contributed by atoms with Gasteiger partial charge in [-0.1, -0.05) is 23.9 Å². The van der Waals surface area contributed by atoms with Crippen LogP contribution in [0.5, 0.6) is 0 Å². The summed E-state index contributed by atoms with van der Waals surface area (Å²) in [6.45, 7) is 11.0. The molecule has 19 nitrogen and oxygen atoms in total. The number of allylic oxidation sites excluding steroid dienone is 3. The zero-order valence-electron chi connectivity index (χ0n) is 38.1. The molecule has 4 atom stereocenters. The van der Waals surface area contributed by atoms with Gasteiger partial charge >= 0.3 is 130 Å². The Balaban J connectivity index is 0.00000544. The summed E-state index contributed by atoms with van der Waals surface area (Å²) in [5.74, 6) is -9.09. The molecule has 4 unspecified atom stereocenters. The van der Waals surface area contributed by atoms with Crippen LogP contribution in [0.25, 0.3) is 39.3 Å². The number of aromatic nitrogens is 4. The largest absolute Gasteiger partial charge is 1.00 e. The van der Waals surface area contributed by atoms with E-state index in [1.54, 1.807) is 57.2 Å². The Morgan fingerprint density at radius 2 is 1.32 bits per heavy atom. The Morgan fingerprint density at radius 3 is 1.85 bits per heavy atom. The number of carboxylic acids is 4. The second-order valence-electron chi connectivity index (χ2n) is 14.9. The summed E-state index contributed by atoms with van der Waals surface area (Å²) in [7, 11) is 0. The number of carbonyl (C=O) groups excluding carboxylic acids is 2. The number of carboxylic acid groups (broad SMARTS) is 4. The van der Waals surface area contributed by atoms with Crippen molar-refractivity contribution in [1.29, 1.82) is 0 Å². The zero-order chi connectivity index (χ0) is 45.6. The number of carbonyl (C=O) groups is 4. The standard InChI is InChI=1S/C43H47N7O12.4Na/c1-6-23-20(2)28-15-33-26(8-7-13-44-62)43(5,61)36(48-33)17-29-22(4)25(10-12-38(52)50-35(42(59)60)19-40(55)56)32(47-29)16-31-24(21(3)27(46-31)14-30(23)45-28)9-11-37(51)49-34(41(57)58)18-39(53)54;;;;/h6-8,13-17,26,34-35,45,47,61-62H,1,9-12,18-19H2,2-5H3,(H,49,51)(H,50,52)(H,53,54)(H,55,56)(H,57,58)(H,59,60);;;;/q;4*+1/p-4/b8-7+,27-14?,28-15?,29-17?,30-14?,31-16?,32-16?,33-15?,36-17?,44-13-;;;;. The van der Waals surface area contributed by atoms with Crippen LogP contribution in [0.4, 0.5) is 0 Å². The SMILES string of the molecule is C=Cc1c(C)c2cc3nc(cc4[nH]c(cc5nc(cc1[nH]2)C(C)=C5CCC([O-])=NC(CC(=O)[O-])C(=O)O)c(CCC([O-])=NC(CC(=O)[O-])C(=O)O)c4C)C(C)(O)C3/C=C/C=N\O.[Na+].[Na+].[Na+].[Na+]. The zero-order valence-corrected chi connectivity index (χ0v) is 46.1. The van der Waals surface area contributed by atoms with E-state index >= 15 is 0 Å². The molecule has 0 aromatic carbocycles. The van der Waals surface area contributed by atoms with Crippen LogP contribution >= 0.6 is 0 Å². The van der Waals surface area contributed by atoms with Crippen LogP contribution < -0.4 is 139 Å². The van der Waals surface area contributed by atoms with Crippen LogP contribution in [0.2, 0.25) is 0 Å². The first kappa shape index (κ1) is 60.6. The number of rotatable bonds is 17. The normalized spacial score (nSPS) is 17.0. The molecule has 3 aromatic rings. The van der Waals surface area contributed by atoms with Gasteiger partial charge in [0, 0.05) is 52.4 Å². The maximum absolute atomic E-state index is 13.0. The number of aliphatic carboxylic acids is 4. The van der Waals surface area contributed by atoms with E-state index in [1.165, 1.54) is 6.08 Å². The van der Waals surface area contributed by atoms with Crippen molar-refractivity contribution in [2.45, 2.75) is 89.8 Å². The van der Waals surface area contributed by atoms with E-state index in [2.05, 4.69) is 31.7 Å². The van der Waals surface area contributed by atoms with E-state index in [0.717, 1.165) is 17.3 Å². The minimum Gasteiger partial charge on any atom is -0.862 e. The van der Waals surface area contributed by atoms with Gasteiger partial charge in [-0.05, 0) is 123 Å². The topological polar surface area (TPSA) is 336 Å². The van der Waals surface area contributed by atoms with Crippen LogP contribution in [0.1, 0.15) is 96.9 Å². The van der Waals surface area contributed by atoms with Crippen molar-refractivity contribution in [3.8, 4) is 0 Å². The second-order valence-corrected chi connectivity index (χ2v) is 14.9. The third-order valence-corrected chi connectivity index (χ3v) is 10.8. The molecule has 8 bridgehead atoms. The smallest absolute Gasteiger partial charge is 0.862 e. The fraction of sp³-hybridized carbons (Fsp3) is 0.326. The van der Waals surface area contributed by atoms with Crippen LogP contribution in [0, 0.1) is 13.8 Å².